The number of carbonyl (C=O) groups is 1. The van der Waals surface area contributed by atoms with Crippen molar-refractivity contribution >= 4 is 29.3 Å². The van der Waals surface area contributed by atoms with Crippen molar-refractivity contribution in [3.05, 3.63) is 70.6 Å². The Balaban J connectivity index is 1.40. The van der Waals surface area contributed by atoms with Crippen LogP contribution in [0, 0.1) is 0 Å². The molecule has 0 aliphatic rings. The van der Waals surface area contributed by atoms with Crippen LogP contribution in [-0.4, -0.2) is 35.5 Å². The monoisotopic (exact) mass is 417 g/mol. The van der Waals surface area contributed by atoms with Crippen LogP contribution in [-0.2, 0) is 17.6 Å². The first-order valence-electron chi connectivity index (χ1n) is 8.71. The van der Waals surface area contributed by atoms with Gasteiger partial charge in [0.25, 0.3) is 5.22 Å². The highest BCUT2D eigenvalue weighted by atomic mass is 35.5. The Bertz CT molecular complexity index is 915. The minimum absolute atomic E-state index is 0.0815. The van der Waals surface area contributed by atoms with Crippen molar-refractivity contribution in [2.45, 2.75) is 18.1 Å². The lowest BCUT2D eigenvalue weighted by Crippen LogP contribution is -2.27. The number of methoxy groups -OCH3 is 1. The van der Waals surface area contributed by atoms with Crippen LogP contribution < -0.4 is 10.1 Å². The van der Waals surface area contributed by atoms with E-state index in [4.69, 9.17) is 20.8 Å². The van der Waals surface area contributed by atoms with Gasteiger partial charge in [-0.05, 0) is 41.8 Å². The molecular formula is C20H20ClN3O3S. The lowest BCUT2D eigenvalue weighted by Gasteiger charge is -2.04. The van der Waals surface area contributed by atoms with E-state index >= 15 is 0 Å². The van der Waals surface area contributed by atoms with Crippen LogP contribution in [0.15, 0.2) is 58.2 Å². The average molecular weight is 418 g/mol. The number of nitrogens with one attached hydrogen (secondary N) is 1. The third kappa shape index (κ3) is 6.28. The lowest BCUT2D eigenvalue weighted by molar-refractivity contribution is -0.118. The topological polar surface area (TPSA) is 77.2 Å². The zero-order valence-corrected chi connectivity index (χ0v) is 16.9. The van der Waals surface area contributed by atoms with E-state index in [2.05, 4.69) is 15.5 Å². The standard InChI is InChI=1S/C20H20ClN3O3S/c1-26-17-7-5-15(6-8-17)12-19-23-24-20(27-19)28-13-18(25)22-10-9-14-3-2-4-16(21)11-14/h2-8,11H,9-10,12-13H2,1H3,(H,22,25). The fourth-order valence-corrected chi connectivity index (χ4v) is 3.33. The molecule has 0 spiro atoms. The van der Waals surface area contributed by atoms with E-state index in [-0.39, 0.29) is 11.7 Å². The second-order valence-corrected chi connectivity index (χ2v) is 7.37. The number of thioether (sulfide) groups is 1. The molecule has 0 aliphatic carbocycles. The van der Waals surface area contributed by atoms with Crippen LogP contribution in [0.1, 0.15) is 17.0 Å². The average Bonchev–Trinajstić information content (AvgIpc) is 3.14. The van der Waals surface area contributed by atoms with Crippen molar-refractivity contribution in [2.24, 2.45) is 0 Å². The second kappa shape index (κ2) is 10.1. The van der Waals surface area contributed by atoms with Gasteiger partial charge in [-0.3, -0.25) is 4.79 Å². The third-order valence-electron chi connectivity index (χ3n) is 3.91. The van der Waals surface area contributed by atoms with E-state index in [1.54, 1.807) is 7.11 Å². The van der Waals surface area contributed by atoms with Gasteiger partial charge >= 0.3 is 0 Å². The number of hydrogen-bond donors (Lipinski definition) is 1. The molecule has 3 aromatic rings. The molecule has 0 saturated carbocycles. The largest absolute Gasteiger partial charge is 0.497 e. The first-order valence-corrected chi connectivity index (χ1v) is 10.1. The Labute approximate surface area is 172 Å². The summed E-state index contributed by atoms with van der Waals surface area (Å²) in [5.74, 6) is 1.45. The van der Waals surface area contributed by atoms with Crippen LogP contribution >= 0.6 is 23.4 Å². The molecule has 0 radical (unpaired) electrons. The first kappa shape index (κ1) is 20.2. The molecular weight excluding hydrogens is 398 g/mol. The number of benzene rings is 2. The number of nitrogens with zero attached hydrogens (tertiary/aromatic N) is 2. The molecule has 0 unspecified atom stereocenters. The number of carbonyl (C=O) groups excluding carboxylic acids is 1. The van der Waals surface area contributed by atoms with E-state index in [9.17, 15) is 4.79 Å². The number of amides is 1. The van der Waals surface area contributed by atoms with Gasteiger partial charge in [-0.1, -0.05) is 47.6 Å². The highest BCUT2D eigenvalue weighted by Gasteiger charge is 2.10. The summed E-state index contributed by atoms with van der Waals surface area (Å²) >= 11 is 7.17. The molecule has 2 aromatic carbocycles. The van der Waals surface area contributed by atoms with Crippen molar-refractivity contribution in [1.82, 2.24) is 15.5 Å². The quantitative estimate of drug-likeness (QED) is 0.534. The Morgan fingerprint density at radius 3 is 2.75 bits per heavy atom. The van der Waals surface area contributed by atoms with Gasteiger partial charge < -0.3 is 14.5 Å². The molecule has 1 aromatic heterocycles. The van der Waals surface area contributed by atoms with E-state index in [0.29, 0.717) is 29.1 Å². The molecule has 146 valence electrons. The normalized spacial score (nSPS) is 10.6. The molecule has 0 atom stereocenters. The Morgan fingerprint density at radius 2 is 2.00 bits per heavy atom. The summed E-state index contributed by atoms with van der Waals surface area (Å²) in [5, 5.41) is 12.0. The summed E-state index contributed by atoms with van der Waals surface area (Å²) < 4.78 is 10.7. The van der Waals surface area contributed by atoms with E-state index in [1.165, 1.54) is 11.8 Å². The Morgan fingerprint density at radius 1 is 1.18 bits per heavy atom. The molecule has 0 bridgehead atoms. The molecule has 1 heterocycles. The Kier molecular flexibility index (Phi) is 7.33. The molecule has 8 heteroatoms. The van der Waals surface area contributed by atoms with Crippen molar-refractivity contribution < 1.29 is 13.9 Å². The maximum Gasteiger partial charge on any atom is 0.277 e. The maximum absolute atomic E-state index is 12.0. The van der Waals surface area contributed by atoms with Crippen molar-refractivity contribution in [3.63, 3.8) is 0 Å². The van der Waals surface area contributed by atoms with Crippen molar-refractivity contribution in [2.75, 3.05) is 19.4 Å². The molecule has 3 rings (SSSR count). The minimum Gasteiger partial charge on any atom is -0.497 e. The molecule has 1 amide bonds. The molecule has 0 fully saturated rings. The smallest absolute Gasteiger partial charge is 0.277 e. The molecule has 28 heavy (non-hydrogen) atoms. The maximum atomic E-state index is 12.0. The molecule has 0 saturated heterocycles. The predicted molar refractivity (Wildman–Crippen MR) is 109 cm³/mol. The predicted octanol–water partition coefficient (Wildman–Crippen LogP) is 3.77. The van der Waals surface area contributed by atoms with Gasteiger partial charge in [-0.2, -0.15) is 0 Å². The molecule has 6 nitrogen and oxygen atoms in total. The first-order chi connectivity index (χ1) is 13.6. The summed E-state index contributed by atoms with van der Waals surface area (Å²) in [6, 6.07) is 15.3. The summed E-state index contributed by atoms with van der Waals surface area (Å²) in [7, 11) is 1.63. The van der Waals surface area contributed by atoms with Crippen LogP contribution in [0.25, 0.3) is 0 Å². The summed E-state index contributed by atoms with van der Waals surface area (Å²) in [5.41, 5.74) is 2.13. The number of ether oxygens (including phenoxy) is 1. The van der Waals surface area contributed by atoms with Gasteiger partial charge in [0.15, 0.2) is 0 Å². The zero-order chi connectivity index (χ0) is 19.8. The second-order valence-electron chi connectivity index (χ2n) is 6.01. The van der Waals surface area contributed by atoms with Gasteiger partial charge in [-0.25, -0.2) is 0 Å². The SMILES string of the molecule is COc1ccc(Cc2nnc(SCC(=O)NCCc3cccc(Cl)c3)o2)cc1. The molecule has 0 aliphatic heterocycles. The number of aromatic nitrogens is 2. The fourth-order valence-electron chi connectivity index (χ4n) is 2.50. The van der Waals surface area contributed by atoms with Gasteiger partial charge in [0.1, 0.15) is 5.75 Å². The fraction of sp³-hybridized carbons (Fsp3) is 0.250. The number of rotatable bonds is 9. The summed E-state index contributed by atoms with van der Waals surface area (Å²) in [6.45, 7) is 0.548. The third-order valence-corrected chi connectivity index (χ3v) is 4.97. The van der Waals surface area contributed by atoms with Crippen molar-refractivity contribution in [1.29, 1.82) is 0 Å². The zero-order valence-electron chi connectivity index (χ0n) is 15.4. The number of halogens is 1. The van der Waals surface area contributed by atoms with Crippen LogP contribution in [0.4, 0.5) is 0 Å². The Hall–Kier alpha value is -2.51. The lowest BCUT2D eigenvalue weighted by atomic mass is 10.1. The van der Waals surface area contributed by atoms with Crippen LogP contribution in [0.3, 0.4) is 0 Å². The van der Waals surface area contributed by atoms with E-state index in [1.807, 2.05) is 48.5 Å². The highest BCUT2D eigenvalue weighted by Crippen LogP contribution is 2.19. The van der Waals surface area contributed by atoms with Crippen molar-refractivity contribution in [3.8, 4) is 5.75 Å². The summed E-state index contributed by atoms with van der Waals surface area (Å²) in [6.07, 6.45) is 1.26. The summed E-state index contributed by atoms with van der Waals surface area (Å²) in [4.78, 5) is 12.0. The van der Waals surface area contributed by atoms with Crippen LogP contribution in [0.2, 0.25) is 5.02 Å². The van der Waals surface area contributed by atoms with Gasteiger partial charge in [0, 0.05) is 11.6 Å². The molecule has 1 N–H and O–H groups in total. The van der Waals surface area contributed by atoms with Gasteiger partial charge in [0.05, 0.1) is 19.3 Å². The van der Waals surface area contributed by atoms with Gasteiger partial charge in [0.2, 0.25) is 11.8 Å². The van der Waals surface area contributed by atoms with Crippen LogP contribution in [0.5, 0.6) is 5.75 Å². The van der Waals surface area contributed by atoms with Gasteiger partial charge in [-0.15, -0.1) is 10.2 Å². The minimum atomic E-state index is -0.0815. The number of hydrogen-bond acceptors (Lipinski definition) is 6. The van der Waals surface area contributed by atoms with E-state index in [0.717, 1.165) is 23.3 Å². The van der Waals surface area contributed by atoms with E-state index < -0.39 is 0 Å². The highest BCUT2D eigenvalue weighted by molar-refractivity contribution is 7.99.